The van der Waals surface area contributed by atoms with Crippen molar-refractivity contribution in [3.63, 3.8) is 0 Å². The van der Waals surface area contributed by atoms with Gasteiger partial charge in [-0.15, -0.1) is 0 Å². The van der Waals surface area contributed by atoms with Crippen LogP contribution < -0.4 is 4.72 Å². The number of anilines is 1. The highest BCUT2D eigenvalue weighted by atomic mass is 35.5. The summed E-state index contributed by atoms with van der Waals surface area (Å²) in [4.78, 5) is 4.65. The number of imidazole rings is 1. The van der Waals surface area contributed by atoms with Crippen molar-refractivity contribution < 1.29 is 8.42 Å². The average Bonchev–Trinajstić information content (AvgIpc) is 2.95. The van der Waals surface area contributed by atoms with Crippen molar-refractivity contribution in [3.05, 3.63) is 52.1 Å². The fraction of sp³-hybridized carbons (Fsp3) is 0.278. The maximum absolute atomic E-state index is 12.5. The van der Waals surface area contributed by atoms with Gasteiger partial charge in [-0.25, -0.2) is 13.4 Å². The quantitative estimate of drug-likeness (QED) is 0.609. The van der Waals surface area contributed by atoms with Gasteiger partial charge in [0.2, 0.25) is 10.0 Å². The molecule has 1 N–H and O–H groups in total. The van der Waals surface area contributed by atoms with Crippen molar-refractivity contribution in [1.82, 2.24) is 9.38 Å². The van der Waals surface area contributed by atoms with Gasteiger partial charge < -0.3 is 0 Å². The van der Waals surface area contributed by atoms with Crippen LogP contribution in [0.5, 0.6) is 0 Å². The van der Waals surface area contributed by atoms with E-state index in [-0.39, 0.29) is 5.75 Å². The second-order valence-electron chi connectivity index (χ2n) is 6.10. The summed E-state index contributed by atoms with van der Waals surface area (Å²) < 4.78 is 29.4. The summed E-state index contributed by atoms with van der Waals surface area (Å²) in [5.74, 6) is 0.460. The Hall–Kier alpha value is -1.76. The van der Waals surface area contributed by atoms with E-state index >= 15 is 0 Å². The van der Waals surface area contributed by atoms with Crippen LogP contribution in [0.25, 0.3) is 16.9 Å². The Labute approximate surface area is 163 Å². The van der Waals surface area contributed by atoms with Gasteiger partial charge in [-0.2, -0.15) is 0 Å². The molecule has 0 bridgehead atoms. The number of benzene rings is 1. The molecule has 0 aliphatic carbocycles. The van der Waals surface area contributed by atoms with E-state index in [1.165, 1.54) is 0 Å². The molecule has 0 saturated heterocycles. The van der Waals surface area contributed by atoms with Gasteiger partial charge in [-0.1, -0.05) is 48.7 Å². The lowest BCUT2D eigenvalue weighted by molar-refractivity contribution is 0.597. The lowest BCUT2D eigenvalue weighted by Gasteiger charge is -2.10. The summed E-state index contributed by atoms with van der Waals surface area (Å²) in [7, 11) is -3.49. The minimum absolute atomic E-state index is 0.0589. The normalized spacial score (nSPS) is 11.8. The Morgan fingerprint density at radius 2 is 1.96 bits per heavy atom. The Bertz CT molecular complexity index is 1060. The van der Waals surface area contributed by atoms with Crippen LogP contribution in [0.2, 0.25) is 10.0 Å². The largest absolute Gasteiger partial charge is 0.285 e. The molecular formula is C18H19Cl2N3O2S. The molecule has 26 heavy (non-hydrogen) atoms. The third kappa shape index (κ3) is 3.82. The molecule has 0 spiro atoms. The Morgan fingerprint density at radius 1 is 1.19 bits per heavy atom. The Kier molecular flexibility index (Phi) is 5.46. The first-order valence-electron chi connectivity index (χ1n) is 8.26. The summed E-state index contributed by atoms with van der Waals surface area (Å²) in [6, 6.07) is 8.91. The number of halogens is 2. The Balaban J connectivity index is 2.19. The second-order valence-corrected chi connectivity index (χ2v) is 8.75. The fourth-order valence-electron chi connectivity index (χ4n) is 2.68. The van der Waals surface area contributed by atoms with Crippen LogP contribution in [0.15, 0.2) is 36.5 Å². The number of nitrogens with zero attached hydrogens (tertiary/aromatic N) is 2. The highest BCUT2D eigenvalue weighted by molar-refractivity contribution is 7.92. The van der Waals surface area contributed by atoms with Gasteiger partial charge in [-0.3, -0.25) is 9.12 Å². The molecule has 0 amide bonds. The molecule has 1 aromatic carbocycles. The topological polar surface area (TPSA) is 63.5 Å². The van der Waals surface area contributed by atoms with Crippen LogP contribution in [0.3, 0.4) is 0 Å². The number of hydrogen-bond acceptors (Lipinski definition) is 3. The first-order chi connectivity index (χ1) is 12.3. The van der Waals surface area contributed by atoms with Crippen molar-refractivity contribution in [3.8, 4) is 11.3 Å². The molecule has 5 nitrogen and oxygen atoms in total. The molecule has 138 valence electrons. The third-order valence-corrected chi connectivity index (χ3v) is 6.13. The lowest BCUT2D eigenvalue weighted by atomic mass is 10.1. The molecule has 0 radical (unpaired) electrons. The summed E-state index contributed by atoms with van der Waals surface area (Å²) in [6.07, 6.45) is 3.17. The molecular weight excluding hydrogens is 393 g/mol. The summed E-state index contributed by atoms with van der Waals surface area (Å²) in [6.45, 7) is 3.88. The van der Waals surface area contributed by atoms with E-state index in [2.05, 4.69) is 9.71 Å². The maximum Gasteiger partial charge on any atom is 0.233 e. The smallest absolute Gasteiger partial charge is 0.233 e. The molecule has 3 rings (SSSR count). The standard InChI is InChI=1S/C18H19Cl2N3O2S/c1-3-4-10-26(24,25)22-18-16(13-7-8-14(19)15(20)11-13)21-17-12(2)6-5-9-23(17)18/h5-9,11,22H,3-4,10H2,1-2H3. The van der Waals surface area contributed by atoms with E-state index in [0.717, 1.165) is 12.0 Å². The molecule has 0 atom stereocenters. The summed E-state index contributed by atoms with van der Waals surface area (Å²) in [5.41, 5.74) is 2.82. The van der Waals surface area contributed by atoms with E-state index in [0.29, 0.717) is 39.2 Å². The van der Waals surface area contributed by atoms with Crippen molar-refractivity contribution in [1.29, 1.82) is 0 Å². The van der Waals surface area contributed by atoms with Crippen molar-refractivity contribution >= 4 is 44.7 Å². The Morgan fingerprint density at radius 3 is 2.65 bits per heavy atom. The minimum atomic E-state index is -3.49. The zero-order chi connectivity index (χ0) is 18.9. The van der Waals surface area contributed by atoms with Crippen molar-refractivity contribution in [2.75, 3.05) is 10.5 Å². The number of sulfonamides is 1. The molecule has 0 saturated carbocycles. The number of unbranched alkanes of at least 4 members (excludes halogenated alkanes) is 1. The predicted octanol–water partition coefficient (Wildman–Crippen LogP) is 5.16. The zero-order valence-corrected chi connectivity index (χ0v) is 16.8. The molecule has 0 unspecified atom stereocenters. The van der Waals surface area contributed by atoms with Crippen LogP contribution in [0, 0.1) is 6.92 Å². The molecule has 2 aromatic heterocycles. The van der Waals surface area contributed by atoms with Crippen LogP contribution in [0.4, 0.5) is 5.82 Å². The number of aromatic nitrogens is 2. The van der Waals surface area contributed by atoms with Crippen LogP contribution in [-0.4, -0.2) is 23.6 Å². The number of nitrogens with one attached hydrogen (secondary N) is 1. The van der Waals surface area contributed by atoms with Gasteiger partial charge in [0.1, 0.15) is 11.3 Å². The first kappa shape index (κ1) is 19.0. The molecule has 0 aliphatic heterocycles. The molecule has 8 heteroatoms. The van der Waals surface area contributed by atoms with E-state index in [9.17, 15) is 8.42 Å². The maximum atomic E-state index is 12.5. The second kappa shape index (κ2) is 7.47. The van der Waals surface area contributed by atoms with Gasteiger partial charge >= 0.3 is 0 Å². The van der Waals surface area contributed by atoms with E-state index in [1.807, 2.05) is 26.0 Å². The monoisotopic (exact) mass is 411 g/mol. The van der Waals surface area contributed by atoms with E-state index < -0.39 is 10.0 Å². The molecule has 2 heterocycles. The number of rotatable bonds is 6. The zero-order valence-electron chi connectivity index (χ0n) is 14.5. The van der Waals surface area contributed by atoms with Crippen molar-refractivity contribution in [2.24, 2.45) is 0 Å². The van der Waals surface area contributed by atoms with Gasteiger partial charge in [0, 0.05) is 11.8 Å². The number of pyridine rings is 1. The number of fused-ring (bicyclic) bond motifs is 1. The van der Waals surface area contributed by atoms with Gasteiger partial charge in [0.05, 0.1) is 15.8 Å². The molecule has 0 fully saturated rings. The van der Waals surface area contributed by atoms with Crippen molar-refractivity contribution in [2.45, 2.75) is 26.7 Å². The first-order valence-corrected chi connectivity index (χ1v) is 10.7. The van der Waals surface area contributed by atoms with Crippen LogP contribution in [-0.2, 0) is 10.0 Å². The predicted molar refractivity (Wildman–Crippen MR) is 108 cm³/mol. The fourth-order valence-corrected chi connectivity index (χ4v) is 4.24. The van der Waals surface area contributed by atoms with Crippen LogP contribution >= 0.6 is 23.2 Å². The number of aryl methyl sites for hydroxylation is 1. The average molecular weight is 412 g/mol. The minimum Gasteiger partial charge on any atom is -0.285 e. The van der Waals surface area contributed by atoms with Gasteiger partial charge in [0.15, 0.2) is 5.82 Å². The number of hydrogen-bond donors (Lipinski definition) is 1. The SMILES string of the molecule is CCCCS(=O)(=O)Nc1c(-c2ccc(Cl)c(Cl)c2)nc2c(C)cccn12. The van der Waals surface area contributed by atoms with E-state index in [4.69, 9.17) is 23.2 Å². The van der Waals surface area contributed by atoms with Crippen LogP contribution in [0.1, 0.15) is 25.3 Å². The highest BCUT2D eigenvalue weighted by Gasteiger charge is 2.20. The highest BCUT2D eigenvalue weighted by Crippen LogP contribution is 2.34. The molecule has 3 aromatic rings. The molecule has 0 aliphatic rings. The lowest BCUT2D eigenvalue weighted by Crippen LogP contribution is -2.18. The summed E-state index contributed by atoms with van der Waals surface area (Å²) in [5, 5.41) is 0.818. The van der Waals surface area contributed by atoms with Gasteiger partial charge in [0.25, 0.3) is 0 Å². The van der Waals surface area contributed by atoms with E-state index in [1.54, 1.807) is 28.8 Å². The van der Waals surface area contributed by atoms with Gasteiger partial charge in [-0.05, 0) is 37.1 Å². The summed E-state index contributed by atoms with van der Waals surface area (Å²) >= 11 is 12.1. The third-order valence-electron chi connectivity index (χ3n) is 4.06.